The Morgan fingerprint density at radius 2 is 2.12 bits per heavy atom. The van der Waals surface area contributed by atoms with Crippen LogP contribution in [-0.4, -0.2) is 26.3 Å². The second-order valence-electron chi connectivity index (χ2n) is 3.05. The number of esters is 1. The van der Waals surface area contributed by atoms with Gasteiger partial charge in [0.15, 0.2) is 0 Å². The molecule has 0 aromatic carbocycles. The molecule has 0 aliphatic carbocycles. The highest BCUT2D eigenvalue weighted by molar-refractivity contribution is 6.31. The molecular formula is C12H17ClO3. The van der Waals surface area contributed by atoms with E-state index in [1.165, 1.54) is 0 Å². The fourth-order valence-corrected chi connectivity index (χ4v) is 0.952. The van der Waals surface area contributed by atoms with Crippen LogP contribution in [-0.2, 0) is 14.3 Å². The van der Waals surface area contributed by atoms with Crippen molar-refractivity contribution in [3.8, 4) is 0 Å². The van der Waals surface area contributed by atoms with Crippen LogP contribution >= 0.6 is 11.6 Å². The molecule has 0 aliphatic heterocycles. The summed E-state index contributed by atoms with van der Waals surface area (Å²) in [5.41, 5.74) is 0.866. The molecule has 0 heterocycles. The van der Waals surface area contributed by atoms with Crippen LogP contribution in [0.1, 0.15) is 13.3 Å². The molecule has 0 aliphatic rings. The number of halogens is 1. The fraction of sp³-hybridized carbons (Fsp3) is 0.417. The van der Waals surface area contributed by atoms with Crippen LogP contribution in [0, 0.1) is 0 Å². The summed E-state index contributed by atoms with van der Waals surface area (Å²) in [5, 5.41) is 0.569. The van der Waals surface area contributed by atoms with Gasteiger partial charge in [0.25, 0.3) is 0 Å². The van der Waals surface area contributed by atoms with E-state index in [0.717, 1.165) is 5.57 Å². The number of methoxy groups -OCH3 is 1. The van der Waals surface area contributed by atoms with Crippen molar-refractivity contribution in [2.45, 2.75) is 13.3 Å². The van der Waals surface area contributed by atoms with Gasteiger partial charge in [-0.1, -0.05) is 30.3 Å². The van der Waals surface area contributed by atoms with Gasteiger partial charge in [0.1, 0.15) is 6.61 Å². The molecule has 0 unspecified atom stereocenters. The zero-order chi connectivity index (χ0) is 12.4. The Hall–Kier alpha value is -1.06. The molecule has 0 saturated heterocycles. The zero-order valence-electron chi connectivity index (χ0n) is 9.66. The van der Waals surface area contributed by atoms with Gasteiger partial charge in [-0.25, -0.2) is 0 Å². The third-order valence-electron chi connectivity index (χ3n) is 1.78. The van der Waals surface area contributed by atoms with Gasteiger partial charge in [-0.3, -0.25) is 4.79 Å². The largest absolute Gasteiger partial charge is 0.463 e. The molecule has 0 saturated carbocycles. The normalized spacial score (nSPS) is 12.4. The maximum Gasteiger partial charge on any atom is 0.309 e. The molecule has 0 radical (unpaired) electrons. The molecule has 3 nitrogen and oxygen atoms in total. The minimum absolute atomic E-state index is 0.199. The van der Waals surface area contributed by atoms with E-state index in [9.17, 15) is 4.79 Å². The van der Waals surface area contributed by atoms with E-state index >= 15 is 0 Å². The maximum atomic E-state index is 11.1. The molecular weight excluding hydrogens is 228 g/mol. The summed E-state index contributed by atoms with van der Waals surface area (Å²) in [5.74, 6) is -0.297. The topological polar surface area (TPSA) is 35.5 Å². The molecule has 0 aromatic rings. The highest BCUT2D eigenvalue weighted by Crippen LogP contribution is 2.11. The number of hydrogen-bond donors (Lipinski definition) is 0. The van der Waals surface area contributed by atoms with Gasteiger partial charge in [-0.05, 0) is 18.6 Å². The van der Waals surface area contributed by atoms with E-state index in [-0.39, 0.29) is 19.0 Å². The van der Waals surface area contributed by atoms with Crippen LogP contribution in [0.5, 0.6) is 0 Å². The van der Waals surface area contributed by atoms with E-state index < -0.39 is 0 Å². The first kappa shape index (κ1) is 14.9. The Kier molecular flexibility index (Phi) is 8.58. The van der Waals surface area contributed by atoms with Gasteiger partial charge in [0.05, 0.1) is 13.0 Å². The van der Waals surface area contributed by atoms with Crippen LogP contribution in [0.15, 0.2) is 35.4 Å². The lowest BCUT2D eigenvalue weighted by molar-refractivity contribution is -0.143. The number of hydrogen-bond acceptors (Lipinski definition) is 3. The van der Waals surface area contributed by atoms with E-state index in [4.69, 9.17) is 21.1 Å². The van der Waals surface area contributed by atoms with Crippen molar-refractivity contribution < 1.29 is 14.3 Å². The quantitative estimate of drug-likeness (QED) is 0.393. The zero-order valence-corrected chi connectivity index (χ0v) is 10.4. The number of rotatable bonds is 7. The number of carbonyl (C=O) groups is 1. The summed E-state index contributed by atoms with van der Waals surface area (Å²) >= 11 is 5.89. The van der Waals surface area contributed by atoms with Crippen LogP contribution in [0.2, 0.25) is 0 Å². The summed E-state index contributed by atoms with van der Waals surface area (Å²) in [6.45, 7) is 6.12. The third kappa shape index (κ3) is 7.26. The lowest BCUT2D eigenvalue weighted by atomic mass is 10.2. The Morgan fingerprint density at radius 1 is 1.44 bits per heavy atom. The summed E-state index contributed by atoms with van der Waals surface area (Å²) in [6.07, 6.45) is 5.18. The first-order valence-electron chi connectivity index (χ1n) is 4.91. The first-order valence-corrected chi connectivity index (χ1v) is 5.29. The molecule has 0 atom stereocenters. The first-order chi connectivity index (χ1) is 7.61. The van der Waals surface area contributed by atoms with Crippen molar-refractivity contribution in [3.63, 3.8) is 0 Å². The van der Waals surface area contributed by atoms with Gasteiger partial charge in [0.2, 0.25) is 0 Å². The van der Waals surface area contributed by atoms with Gasteiger partial charge in [0, 0.05) is 12.1 Å². The van der Waals surface area contributed by atoms with Crippen molar-refractivity contribution in [1.82, 2.24) is 0 Å². The predicted octanol–water partition coefficient (Wildman–Crippen LogP) is 2.82. The minimum atomic E-state index is -0.297. The second-order valence-corrected chi connectivity index (χ2v) is 3.46. The highest BCUT2D eigenvalue weighted by Gasteiger charge is 1.99. The third-order valence-corrected chi connectivity index (χ3v) is 2.21. The van der Waals surface area contributed by atoms with Gasteiger partial charge in [-0.15, -0.1) is 0 Å². The second kappa shape index (κ2) is 9.19. The van der Waals surface area contributed by atoms with Crippen molar-refractivity contribution >= 4 is 17.6 Å². The lowest BCUT2D eigenvalue weighted by Crippen LogP contribution is -2.08. The minimum Gasteiger partial charge on any atom is -0.463 e. The molecule has 0 aromatic heterocycles. The molecule has 0 fully saturated rings. The Balaban J connectivity index is 3.91. The van der Waals surface area contributed by atoms with Gasteiger partial charge < -0.3 is 9.47 Å². The Labute approximate surface area is 101 Å². The molecule has 90 valence electrons. The smallest absolute Gasteiger partial charge is 0.309 e. The van der Waals surface area contributed by atoms with Crippen molar-refractivity contribution in [2.24, 2.45) is 0 Å². The standard InChI is InChI=1S/C12H17ClO3/c1-4-10(2)11(13)6-5-7-12(14)16-9-8-15-3/h4-6H,1,7-9H2,2-3H3/b6-5-,11-10+. The van der Waals surface area contributed by atoms with Crippen LogP contribution in [0.3, 0.4) is 0 Å². The maximum absolute atomic E-state index is 11.1. The number of ether oxygens (including phenoxy) is 2. The molecule has 0 bridgehead atoms. The summed E-state index contributed by atoms with van der Waals surface area (Å²) in [6, 6.07) is 0. The van der Waals surface area contributed by atoms with Crippen molar-refractivity contribution in [1.29, 1.82) is 0 Å². The van der Waals surface area contributed by atoms with Crippen molar-refractivity contribution in [2.75, 3.05) is 20.3 Å². The molecule has 0 spiro atoms. The van der Waals surface area contributed by atoms with E-state index in [1.54, 1.807) is 25.3 Å². The molecule has 0 rings (SSSR count). The summed E-state index contributed by atoms with van der Waals surface area (Å²) in [7, 11) is 1.55. The molecule has 0 amide bonds. The molecule has 0 N–H and O–H groups in total. The summed E-state index contributed by atoms with van der Waals surface area (Å²) < 4.78 is 9.60. The highest BCUT2D eigenvalue weighted by atomic mass is 35.5. The van der Waals surface area contributed by atoms with Crippen LogP contribution in [0.25, 0.3) is 0 Å². The summed E-state index contributed by atoms with van der Waals surface area (Å²) in [4.78, 5) is 11.1. The lowest BCUT2D eigenvalue weighted by Gasteiger charge is -2.01. The molecule has 4 heteroatoms. The Morgan fingerprint density at radius 3 is 2.69 bits per heavy atom. The van der Waals surface area contributed by atoms with Gasteiger partial charge in [-0.2, -0.15) is 0 Å². The Bertz CT molecular complexity index is 293. The van der Waals surface area contributed by atoms with E-state index in [2.05, 4.69) is 6.58 Å². The average Bonchev–Trinajstić information content (AvgIpc) is 2.28. The SMILES string of the molecule is C=C/C(C)=C(Cl)\C=C/CC(=O)OCCOC. The van der Waals surface area contributed by atoms with Crippen molar-refractivity contribution in [3.05, 3.63) is 35.4 Å². The van der Waals surface area contributed by atoms with Crippen LogP contribution in [0.4, 0.5) is 0 Å². The average molecular weight is 245 g/mol. The predicted molar refractivity (Wildman–Crippen MR) is 65.3 cm³/mol. The molecule has 16 heavy (non-hydrogen) atoms. The fourth-order valence-electron chi connectivity index (χ4n) is 0.785. The van der Waals surface area contributed by atoms with E-state index in [0.29, 0.717) is 11.6 Å². The van der Waals surface area contributed by atoms with Gasteiger partial charge >= 0.3 is 5.97 Å². The van der Waals surface area contributed by atoms with E-state index in [1.807, 2.05) is 6.92 Å². The monoisotopic (exact) mass is 244 g/mol. The number of allylic oxidation sites excluding steroid dienone is 4. The number of carbonyl (C=O) groups excluding carboxylic acids is 1. The van der Waals surface area contributed by atoms with Crippen LogP contribution < -0.4 is 0 Å².